The molecule has 6 heteroatoms. The maximum atomic E-state index is 12.1. The summed E-state index contributed by atoms with van der Waals surface area (Å²) in [6.07, 6.45) is -0.562. The predicted molar refractivity (Wildman–Crippen MR) is 94.1 cm³/mol. The number of fused-ring (bicyclic) bond motifs is 2. The maximum Gasteiger partial charge on any atom is 0.339 e. The summed E-state index contributed by atoms with van der Waals surface area (Å²) in [7, 11) is 0. The van der Waals surface area contributed by atoms with Crippen molar-refractivity contribution in [3.05, 3.63) is 70.4 Å². The van der Waals surface area contributed by atoms with Gasteiger partial charge in [0.25, 0.3) is 0 Å². The number of benzene rings is 2. The first-order valence-electron chi connectivity index (χ1n) is 7.65. The van der Waals surface area contributed by atoms with E-state index in [0.717, 1.165) is 15.8 Å². The van der Waals surface area contributed by atoms with Gasteiger partial charge in [-0.15, -0.1) is 11.3 Å². The number of nitriles is 1. The van der Waals surface area contributed by atoms with E-state index in [1.54, 1.807) is 12.1 Å². The third-order valence-electron chi connectivity index (χ3n) is 4.07. The van der Waals surface area contributed by atoms with E-state index < -0.39 is 12.1 Å². The number of aromatic nitrogens is 1. The Balaban J connectivity index is 1.76. The number of carbonyl (C=O) groups excluding carboxylic acids is 1. The highest BCUT2D eigenvalue weighted by atomic mass is 32.1. The zero-order valence-corrected chi connectivity index (χ0v) is 13.8. The van der Waals surface area contributed by atoms with Gasteiger partial charge in [0.05, 0.1) is 15.8 Å². The van der Waals surface area contributed by atoms with Crippen LogP contribution in [0.3, 0.4) is 0 Å². The van der Waals surface area contributed by atoms with Crippen LogP contribution in [0.4, 0.5) is 0 Å². The summed E-state index contributed by atoms with van der Waals surface area (Å²) >= 11 is 1.32. The smallest absolute Gasteiger partial charge is 0.339 e. The Kier molecular flexibility index (Phi) is 3.71. The van der Waals surface area contributed by atoms with Crippen LogP contribution in [-0.4, -0.2) is 22.2 Å². The fourth-order valence-corrected chi connectivity index (χ4v) is 3.81. The van der Waals surface area contributed by atoms with Crippen LogP contribution < -0.4 is 0 Å². The van der Waals surface area contributed by atoms with Gasteiger partial charge in [0, 0.05) is 6.42 Å². The molecule has 1 aliphatic rings. The molecule has 0 radical (unpaired) electrons. The summed E-state index contributed by atoms with van der Waals surface area (Å²) < 4.78 is 6.25. The summed E-state index contributed by atoms with van der Waals surface area (Å²) in [6.45, 7) is 0. The topological polar surface area (TPSA) is 83.2 Å². The van der Waals surface area contributed by atoms with E-state index in [4.69, 9.17) is 4.74 Å². The molecule has 0 fully saturated rings. The number of ether oxygens (including phenoxy) is 1. The first kappa shape index (κ1) is 15.4. The van der Waals surface area contributed by atoms with E-state index in [1.165, 1.54) is 11.3 Å². The lowest BCUT2D eigenvalue weighted by atomic mass is 9.96. The van der Waals surface area contributed by atoms with E-state index in [1.807, 2.05) is 42.5 Å². The molecule has 1 N–H and O–H groups in total. The molecule has 1 atom stereocenters. The van der Waals surface area contributed by atoms with Crippen molar-refractivity contribution < 1.29 is 14.6 Å². The molecule has 1 unspecified atom stereocenters. The molecule has 122 valence electrons. The van der Waals surface area contributed by atoms with Gasteiger partial charge in [-0.1, -0.05) is 30.3 Å². The lowest BCUT2D eigenvalue weighted by Gasteiger charge is -2.24. The first-order chi connectivity index (χ1) is 12.2. The number of rotatable bonds is 2. The normalized spacial score (nSPS) is 17.4. The van der Waals surface area contributed by atoms with Crippen LogP contribution in [0.1, 0.15) is 20.9 Å². The fraction of sp³-hybridized carbons (Fsp3) is 0.105. The van der Waals surface area contributed by atoms with E-state index in [9.17, 15) is 15.2 Å². The molecule has 3 aromatic rings. The van der Waals surface area contributed by atoms with Crippen molar-refractivity contribution in [2.45, 2.75) is 12.5 Å². The van der Waals surface area contributed by atoms with Gasteiger partial charge in [-0.2, -0.15) is 5.26 Å². The second-order valence-corrected chi connectivity index (χ2v) is 6.64. The van der Waals surface area contributed by atoms with Gasteiger partial charge in [0.2, 0.25) is 0 Å². The van der Waals surface area contributed by atoms with Crippen molar-refractivity contribution in [2.24, 2.45) is 0 Å². The van der Waals surface area contributed by atoms with Gasteiger partial charge < -0.3 is 9.84 Å². The van der Waals surface area contributed by atoms with Crippen LogP contribution in [0, 0.1) is 11.3 Å². The van der Waals surface area contributed by atoms with E-state index in [0.29, 0.717) is 17.0 Å². The molecular formula is C19H12N2O3S. The standard InChI is InChI=1S/C19H12N2O3S/c20-10-13(18-21-14-7-3-4-8-16(14)25-18)17(22)15-9-11-5-1-2-6-12(11)19(23)24-15/h1-8,15,22H,9H2/b17-13-. The summed E-state index contributed by atoms with van der Waals surface area (Å²) in [5, 5.41) is 20.5. The van der Waals surface area contributed by atoms with Crippen LogP contribution in [0.5, 0.6) is 0 Å². The zero-order valence-electron chi connectivity index (χ0n) is 13.0. The predicted octanol–water partition coefficient (Wildman–Crippen LogP) is 3.87. The molecule has 2 aromatic carbocycles. The number of carbonyl (C=O) groups is 1. The van der Waals surface area contributed by atoms with E-state index >= 15 is 0 Å². The fourth-order valence-electron chi connectivity index (χ4n) is 2.84. The number of aliphatic hydroxyl groups is 1. The lowest BCUT2D eigenvalue weighted by Crippen LogP contribution is -2.29. The highest BCUT2D eigenvalue weighted by molar-refractivity contribution is 7.19. The number of thiazole rings is 1. The van der Waals surface area contributed by atoms with E-state index in [-0.39, 0.29) is 11.3 Å². The number of esters is 1. The number of hydrogen-bond acceptors (Lipinski definition) is 6. The summed E-state index contributed by atoms with van der Waals surface area (Å²) in [5.41, 5.74) is 2.08. The molecular weight excluding hydrogens is 336 g/mol. The van der Waals surface area contributed by atoms with Gasteiger partial charge in [0.1, 0.15) is 16.6 Å². The van der Waals surface area contributed by atoms with Crippen molar-refractivity contribution in [1.82, 2.24) is 4.98 Å². The second kappa shape index (κ2) is 6.04. The monoisotopic (exact) mass is 348 g/mol. The molecule has 0 saturated carbocycles. The molecule has 0 bridgehead atoms. The van der Waals surface area contributed by atoms with Gasteiger partial charge in [-0.3, -0.25) is 0 Å². The minimum atomic E-state index is -0.885. The van der Waals surface area contributed by atoms with Crippen molar-refractivity contribution in [3.63, 3.8) is 0 Å². The Hall–Kier alpha value is -3.17. The zero-order chi connectivity index (χ0) is 17.4. The Labute approximate surface area is 147 Å². The molecule has 5 nitrogen and oxygen atoms in total. The highest BCUT2D eigenvalue weighted by Crippen LogP contribution is 2.31. The van der Waals surface area contributed by atoms with Crippen LogP contribution >= 0.6 is 11.3 Å². The Morgan fingerprint density at radius 1 is 1.24 bits per heavy atom. The number of para-hydroxylation sites is 1. The molecule has 0 saturated heterocycles. The quantitative estimate of drug-likeness (QED) is 0.432. The van der Waals surface area contributed by atoms with E-state index in [2.05, 4.69) is 4.98 Å². The minimum Gasteiger partial charge on any atom is -0.507 e. The molecule has 0 spiro atoms. The Bertz CT molecular complexity index is 1030. The van der Waals surface area contributed by atoms with Crippen molar-refractivity contribution in [3.8, 4) is 6.07 Å². The first-order valence-corrected chi connectivity index (χ1v) is 8.47. The molecule has 1 aliphatic heterocycles. The molecule has 0 amide bonds. The molecule has 1 aromatic heterocycles. The van der Waals surface area contributed by atoms with Gasteiger partial charge in [-0.05, 0) is 23.8 Å². The number of nitrogens with zero attached hydrogens (tertiary/aromatic N) is 2. The average Bonchev–Trinajstić information content (AvgIpc) is 3.06. The third-order valence-corrected chi connectivity index (χ3v) is 5.13. The molecule has 2 heterocycles. The highest BCUT2D eigenvalue weighted by Gasteiger charge is 2.31. The van der Waals surface area contributed by atoms with Crippen LogP contribution in [-0.2, 0) is 11.2 Å². The summed E-state index contributed by atoms with van der Waals surface area (Å²) in [6, 6.07) is 16.6. The SMILES string of the molecule is N#C/C(=C(/O)C1Cc2ccccc2C(=O)O1)c1nc2ccccc2s1. The maximum absolute atomic E-state index is 12.1. The van der Waals surface area contributed by atoms with Crippen LogP contribution in [0.25, 0.3) is 15.8 Å². The van der Waals surface area contributed by atoms with Crippen LogP contribution in [0.2, 0.25) is 0 Å². The van der Waals surface area contributed by atoms with Gasteiger partial charge in [-0.25, -0.2) is 9.78 Å². The minimum absolute atomic E-state index is 0.0402. The summed E-state index contributed by atoms with van der Waals surface area (Å²) in [5.74, 6) is -0.760. The largest absolute Gasteiger partial charge is 0.507 e. The Morgan fingerprint density at radius 3 is 2.80 bits per heavy atom. The summed E-state index contributed by atoms with van der Waals surface area (Å²) in [4.78, 5) is 16.5. The number of allylic oxidation sites excluding steroid dienone is 1. The number of cyclic esters (lactones) is 1. The van der Waals surface area contributed by atoms with Crippen molar-refractivity contribution >= 4 is 33.1 Å². The van der Waals surface area contributed by atoms with Crippen molar-refractivity contribution in [1.29, 1.82) is 5.26 Å². The van der Waals surface area contributed by atoms with Crippen LogP contribution in [0.15, 0.2) is 54.3 Å². The molecule has 0 aliphatic carbocycles. The molecule has 25 heavy (non-hydrogen) atoms. The lowest BCUT2D eigenvalue weighted by molar-refractivity contribution is 0.0251. The number of aliphatic hydroxyl groups excluding tert-OH is 1. The number of hydrogen-bond donors (Lipinski definition) is 1. The van der Waals surface area contributed by atoms with Gasteiger partial charge >= 0.3 is 5.97 Å². The molecule has 4 rings (SSSR count). The third kappa shape index (κ3) is 2.65. The Morgan fingerprint density at radius 2 is 2.00 bits per heavy atom. The second-order valence-electron chi connectivity index (χ2n) is 5.61. The average molecular weight is 348 g/mol. The van der Waals surface area contributed by atoms with Gasteiger partial charge in [0.15, 0.2) is 11.9 Å². The van der Waals surface area contributed by atoms with Crippen molar-refractivity contribution in [2.75, 3.05) is 0 Å².